The number of thioether (sulfide) groups is 1. The Bertz CT molecular complexity index is 444. The van der Waals surface area contributed by atoms with Gasteiger partial charge in [0.2, 0.25) is 5.95 Å². The van der Waals surface area contributed by atoms with Crippen molar-refractivity contribution in [2.24, 2.45) is 0 Å². The summed E-state index contributed by atoms with van der Waals surface area (Å²) in [6, 6.07) is 0.642. The van der Waals surface area contributed by atoms with Crippen molar-refractivity contribution in [1.82, 2.24) is 14.8 Å². The van der Waals surface area contributed by atoms with E-state index in [9.17, 15) is 0 Å². The standard InChI is InChI=1S/C13H20N4S/c1-10(2)9-18-13-15-14-12(16-7-3-4-8-16)17(13)11-5-6-11/h11H,1,3-9H2,2H3. The van der Waals surface area contributed by atoms with Crippen LogP contribution in [0.1, 0.15) is 38.6 Å². The van der Waals surface area contributed by atoms with Crippen LogP contribution in [0.5, 0.6) is 0 Å². The zero-order valence-electron chi connectivity index (χ0n) is 10.9. The maximum atomic E-state index is 4.43. The van der Waals surface area contributed by atoms with E-state index in [-0.39, 0.29) is 0 Å². The molecule has 5 heteroatoms. The molecule has 0 aromatic carbocycles. The molecule has 1 aliphatic carbocycles. The van der Waals surface area contributed by atoms with Crippen molar-refractivity contribution in [3.63, 3.8) is 0 Å². The van der Waals surface area contributed by atoms with Crippen LogP contribution in [0.2, 0.25) is 0 Å². The maximum Gasteiger partial charge on any atom is 0.228 e. The largest absolute Gasteiger partial charge is 0.341 e. The minimum atomic E-state index is 0.642. The van der Waals surface area contributed by atoms with Gasteiger partial charge in [-0.2, -0.15) is 0 Å². The minimum absolute atomic E-state index is 0.642. The molecule has 0 unspecified atom stereocenters. The van der Waals surface area contributed by atoms with Crippen molar-refractivity contribution in [2.75, 3.05) is 23.7 Å². The van der Waals surface area contributed by atoms with Gasteiger partial charge in [-0.15, -0.1) is 10.2 Å². The first-order chi connectivity index (χ1) is 8.75. The molecule has 0 N–H and O–H groups in total. The highest BCUT2D eigenvalue weighted by atomic mass is 32.2. The van der Waals surface area contributed by atoms with Gasteiger partial charge >= 0.3 is 0 Å². The van der Waals surface area contributed by atoms with E-state index in [1.165, 1.54) is 31.3 Å². The molecule has 4 nitrogen and oxygen atoms in total. The summed E-state index contributed by atoms with van der Waals surface area (Å²) < 4.78 is 2.36. The molecular formula is C13H20N4S. The van der Waals surface area contributed by atoms with Crippen molar-refractivity contribution in [3.05, 3.63) is 12.2 Å². The summed E-state index contributed by atoms with van der Waals surface area (Å²) in [6.45, 7) is 8.29. The molecule has 98 valence electrons. The molecule has 1 aromatic heterocycles. The summed E-state index contributed by atoms with van der Waals surface area (Å²) >= 11 is 1.77. The van der Waals surface area contributed by atoms with Crippen LogP contribution in [0.25, 0.3) is 0 Å². The molecule has 18 heavy (non-hydrogen) atoms. The minimum Gasteiger partial charge on any atom is -0.341 e. The topological polar surface area (TPSA) is 34.0 Å². The fourth-order valence-electron chi connectivity index (χ4n) is 2.34. The Labute approximate surface area is 112 Å². The highest BCUT2D eigenvalue weighted by Gasteiger charge is 2.32. The Morgan fingerprint density at radius 2 is 2.06 bits per heavy atom. The Balaban J connectivity index is 1.82. The normalized spacial score (nSPS) is 19.5. The van der Waals surface area contributed by atoms with E-state index in [0.717, 1.165) is 29.9 Å². The number of nitrogens with zero attached hydrogens (tertiary/aromatic N) is 4. The Hall–Kier alpha value is -0.970. The fourth-order valence-corrected chi connectivity index (χ4v) is 3.18. The quantitative estimate of drug-likeness (QED) is 0.605. The SMILES string of the molecule is C=C(C)CSc1nnc(N2CCCC2)n1C1CC1. The van der Waals surface area contributed by atoms with Gasteiger partial charge in [0.1, 0.15) is 0 Å². The second-order valence-corrected chi connectivity index (χ2v) is 6.27. The Morgan fingerprint density at radius 3 is 2.67 bits per heavy atom. The first-order valence-corrected chi connectivity index (χ1v) is 7.71. The van der Waals surface area contributed by atoms with Crippen LogP contribution in [0.4, 0.5) is 5.95 Å². The lowest BCUT2D eigenvalue weighted by atomic mass is 10.4. The van der Waals surface area contributed by atoms with Crippen LogP contribution in [0.15, 0.2) is 17.3 Å². The third-order valence-corrected chi connectivity index (χ3v) is 4.57. The number of aromatic nitrogens is 3. The van der Waals surface area contributed by atoms with Crippen LogP contribution in [0, 0.1) is 0 Å². The van der Waals surface area contributed by atoms with Gasteiger partial charge in [-0.1, -0.05) is 23.9 Å². The average molecular weight is 264 g/mol. The summed E-state index contributed by atoms with van der Waals surface area (Å²) in [5, 5.41) is 9.88. The van der Waals surface area contributed by atoms with Gasteiger partial charge in [0.15, 0.2) is 5.16 Å². The van der Waals surface area contributed by atoms with Gasteiger partial charge in [-0.3, -0.25) is 4.57 Å². The number of anilines is 1. The second-order valence-electron chi connectivity index (χ2n) is 5.32. The van der Waals surface area contributed by atoms with Crippen molar-refractivity contribution >= 4 is 17.7 Å². The van der Waals surface area contributed by atoms with Crippen LogP contribution in [-0.4, -0.2) is 33.6 Å². The Kier molecular flexibility index (Phi) is 3.33. The van der Waals surface area contributed by atoms with E-state index < -0.39 is 0 Å². The summed E-state index contributed by atoms with van der Waals surface area (Å²) in [5.41, 5.74) is 1.19. The molecule has 1 aromatic rings. The highest BCUT2D eigenvalue weighted by Crippen LogP contribution is 2.41. The van der Waals surface area contributed by atoms with E-state index in [1.807, 2.05) is 0 Å². The molecule has 0 spiro atoms. The molecule has 1 aliphatic heterocycles. The highest BCUT2D eigenvalue weighted by molar-refractivity contribution is 7.99. The van der Waals surface area contributed by atoms with Crippen molar-refractivity contribution in [3.8, 4) is 0 Å². The molecule has 3 rings (SSSR count). The average Bonchev–Trinajstić information content (AvgIpc) is 2.90. The van der Waals surface area contributed by atoms with Crippen LogP contribution in [-0.2, 0) is 0 Å². The summed E-state index contributed by atoms with van der Waals surface area (Å²) in [5.74, 6) is 2.03. The first-order valence-electron chi connectivity index (χ1n) is 6.73. The summed E-state index contributed by atoms with van der Waals surface area (Å²) in [7, 11) is 0. The summed E-state index contributed by atoms with van der Waals surface area (Å²) in [6.07, 6.45) is 5.12. The van der Waals surface area contributed by atoms with E-state index in [1.54, 1.807) is 11.8 Å². The molecule has 1 saturated heterocycles. The molecular weight excluding hydrogens is 244 g/mol. The van der Waals surface area contributed by atoms with Crippen molar-refractivity contribution in [1.29, 1.82) is 0 Å². The maximum absolute atomic E-state index is 4.43. The van der Waals surface area contributed by atoms with Gasteiger partial charge < -0.3 is 4.90 Å². The molecule has 0 bridgehead atoms. The number of hydrogen-bond donors (Lipinski definition) is 0. The van der Waals surface area contributed by atoms with E-state index in [2.05, 4.69) is 33.2 Å². The van der Waals surface area contributed by atoms with Gasteiger partial charge in [-0.25, -0.2) is 0 Å². The molecule has 2 aliphatic rings. The molecule has 1 saturated carbocycles. The monoisotopic (exact) mass is 264 g/mol. The molecule has 2 heterocycles. The third-order valence-electron chi connectivity index (χ3n) is 3.40. The van der Waals surface area contributed by atoms with Crippen molar-refractivity contribution in [2.45, 2.75) is 43.8 Å². The van der Waals surface area contributed by atoms with E-state index in [4.69, 9.17) is 0 Å². The second kappa shape index (κ2) is 4.96. The van der Waals surface area contributed by atoms with Crippen LogP contribution >= 0.6 is 11.8 Å². The Morgan fingerprint density at radius 1 is 1.33 bits per heavy atom. The predicted octanol–water partition coefficient (Wildman–Crippen LogP) is 2.88. The zero-order chi connectivity index (χ0) is 12.5. The van der Waals surface area contributed by atoms with Gasteiger partial charge in [0.25, 0.3) is 0 Å². The van der Waals surface area contributed by atoms with Gasteiger partial charge in [0, 0.05) is 24.9 Å². The lowest BCUT2D eigenvalue weighted by molar-refractivity contribution is 0.652. The van der Waals surface area contributed by atoms with Crippen LogP contribution < -0.4 is 4.90 Å². The lowest BCUT2D eigenvalue weighted by Gasteiger charge is -2.17. The lowest BCUT2D eigenvalue weighted by Crippen LogP contribution is -2.22. The molecule has 0 atom stereocenters. The fraction of sp³-hybridized carbons (Fsp3) is 0.692. The zero-order valence-corrected chi connectivity index (χ0v) is 11.7. The van der Waals surface area contributed by atoms with Gasteiger partial charge in [0.05, 0.1) is 0 Å². The molecule has 2 fully saturated rings. The summed E-state index contributed by atoms with van der Waals surface area (Å²) in [4.78, 5) is 2.39. The number of hydrogen-bond acceptors (Lipinski definition) is 4. The van der Waals surface area contributed by atoms with Gasteiger partial charge in [-0.05, 0) is 32.6 Å². The number of rotatable bonds is 5. The predicted molar refractivity (Wildman–Crippen MR) is 75.3 cm³/mol. The van der Waals surface area contributed by atoms with Crippen LogP contribution in [0.3, 0.4) is 0 Å². The third kappa shape index (κ3) is 2.41. The smallest absolute Gasteiger partial charge is 0.228 e. The van der Waals surface area contributed by atoms with E-state index in [0.29, 0.717) is 6.04 Å². The first kappa shape index (κ1) is 12.1. The van der Waals surface area contributed by atoms with E-state index >= 15 is 0 Å². The van der Waals surface area contributed by atoms with Crippen molar-refractivity contribution < 1.29 is 0 Å². The molecule has 0 radical (unpaired) electrons. The molecule has 0 amide bonds.